The molecule has 7 N–H and O–H groups in total. The van der Waals surface area contributed by atoms with Crippen molar-refractivity contribution in [2.24, 2.45) is 5.73 Å². The van der Waals surface area contributed by atoms with Gasteiger partial charge in [0.05, 0.1) is 12.2 Å². The topological polar surface area (TPSA) is 217 Å². The van der Waals surface area contributed by atoms with Crippen LogP contribution in [0.3, 0.4) is 0 Å². The average molecular weight is 600 g/mol. The second-order valence-electron chi connectivity index (χ2n) is 8.59. The number of hydrogen-bond donors (Lipinski definition) is 6. The summed E-state index contributed by atoms with van der Waals surface area (Å²) in [7, 11) is 0. The molecule has 41 heavy (non-hydrogen) atoms. The first-order valence-electron chi connectivity index (χ1n) is 11.2. The summed E-state index contributed by atoms with van der Waals surface area (Å²) in [6.45, 7) is -0.921. The standard InChI is InChI=1S/C18H16F6N4O3.C4H6O6/c19-10-6-12(21)11(20)4-8(10)3-9(25)5-14(29)27-1-2-28-13(7-27)15(16(30)31)26-17(28)18(22,23)24;5-1(3(7)8)2(6)4(9)10/h4,6,9H,1-3,5,7,25H2,(H,30,31);1-2,5-6H,(H,7,8)(H,9,10)/t9-;/m0./s1. The first-order valence-corrected chi connectivity index (χ1v) is 11.2. The van der Waals surface area contributed by atoms with Gasteiger partial charge in [0.2, 0.25) is 11.7 Å². The molecular weight excluding hydrogens is 578 g/mol. The predicted octanol–water partition coefficient (Wildman–Crippen LogP) is 0.197. The maximum atomic E-state index is 13.8. The number of aliphatic carboxylic acids is 2. The van der Waals surface area contributed by atoms with E-state index in [2.05, 4.69) is 4.98 Å². The van der Waals surface area contributed by atoms with Crippen molar-refractivity contribution in [2.75, 3.05) is 6.54 Å². The summed E-state index contributed by atoms with van der Waals surface area (Å²) >= 11 is 0. The summed E-state index contributed by atoms with van der Waals surface area (Å²) in [5.41, 5.74) is 4.49. The Morgan fingerprint density at radius 3 is 1.95 bits per heavy atom. The van der Waals surface area contributed by atoms with Gasteiger partial charge in [0.1, 0.15) is 5.82 Å². The highest BCUT2D eigenvalue weighted by atomic mass is 19.4. The number of amides is 1. The number of nitrogens with zero attached hydrogens (tertiary/aromatic N) is 3. The quantitative estimate of drug-likeness (QED) is 0.178. The van der Waals surface area contributed by atoms with E-state index < -0.39 is 83.8 Å². The first kappa shape index (κ1) is 33.0. The van der Waals surface area contributed by atoms with Gasteiger partial charge in [-0.15, -0.1) is 0 Å². The Morgan fingerprint density at radius 1 is 0.927 bits per heavy atom. The summed E-state index contributed by atoms with van der Waals surface area (Å²) in [4.78, 5) is 47.6. The van der Waals surface area contributed by atoms with Crippen LogP contribution >= 0.6 is 0 Å². The zero-order valence-electron chi connectivity index (χ0n) is 20.5. The van der Waals surface area contributed by atoms with Gasteiger partial charge in [-0.05, 0) is 18.1 Å². The molecule has 0 fully saturated rings. The monoisotopic (exact) mass is 600 g/mol. The van der Waals surface area contributed by atoms with Crippen LogP contribution in [0, 0.1) is 17.5 Å². The molecule has 0 radical (unpaired) electrons. The van der Waals surface area contributed by atoms with Gasteiger partial charge >= 0.3 is 24.1 Å². The summed E-state index contributed by atoms with van der Waals surface area (Å²) in [6, 6.07) is -0.00786. The molecule has 0 spiro atoms. The number of benzene rings is 1. The van der Waals surface area contributed by atoms with Crippen LogP contribution in [0.5, 0.6) is 0 Å². The lowest BCUT2D eigenvalue weighted by Crippen LogP contribution is -2.42. The molecule has 19 heteroatoms. The molecule has 2 unspecified atom stereocenters. The van der Waals surface area contributed by atoms with Crippen molar-refractivity contribution in [3.8, 4) is 0 Å². The number of hydrogen-bond acceptors (Lipinski definition) is 8. The molecule has 3 rings (SSSR count). The van der Waals surface area contributed by atoms with Crippen molar-refractivity contribution in [3.63, 3.8) is 0 Å². The van der Waals surface area contributed by atoms with Crippen LogP contribution in [0.25, 0.3) is 0 Å². The fourth-order valence-electron chi connectivity index (χ4n) is 3.67. The largest absolute Gasteiger partial charge is 0.479 e. The van der Waals surface area contributed by atoms with Crippen molar-refractivity contribution >= 4 is 23.8 Å². The van der Waals surface area contributed by atoms with Crippen molar-refractivity contribution in [2.45, 2.75) is 50.4 Å². The summed E-state index contributed by atoms with van der Waals surface area (Å²) in [5.74, 6) is -10.9. The van der Waals surface area contributed by atoms with Crippen molar-refractivity contribution in [1.29, 1.82) is 0 Å². The number of carbonyl (C=O) groups excluding carboxylic acids is 1. The lowest BCUT2D eigenvalue weighted by Gasteiger charge is -2.30. The Labute approximate surface area is 225 Å². The lowest BCUT2D eigenvalue weighted by molar-refractivity contribution is -0.165. The van der Waals surface area contributed by atoms with E-state index >= 15 is 0 Å². The normalized spacial score (nSPS) is 15.2. The number of aliphatic hydroxyl groups is 2. The van der Waals surface area contributed by atoms with Crippen LogP contribution in [0.15, 0.2) is 12.1 Å². The number of alkyl halides is 3. The van der Waals surface area contributed by atoms with Gasteiger partial charge in [-0.2, -0.15) is 13.2 Å². The van der Waals surface area contributed by atoms with Crippen LogP contribution in [-0.2, 0) is 40.1 Å². The minimum atomic E-state index is -4.87. The highest BCUT2D eigenvalue weighted by Gasteiger charge is 2.41. The highest BCUT2D eigenvalue weighted by Crippen LogP contribution is 2.32. The maximum absolute atomic E-state index is 13.8. The molecule has 1 aromatic heterocycles. The molecule has 1 aliphatic rings. The van der Waals surface area contributed by atoms with E-state index in [0.717, 1.165) is 4.90 Å². The Hall–Kier alpha value is -4.23. The van der Waals surface area contributed by atoms with Crippen molar-refractivity contribution in [3.05, 3.63) is 52.4 Å². The summed E-state index contributed by atoms with van der Waals surface area (Å²) in [5, 5.41) is 41.7. The molecule has 0 saturated heterocycles. The van der Waals surface area contributed by atoms with Gasteiger partial charge < -0.3 is 40.7 Å². The highest BCUT2D eigenvalue weighted by molar-refractivity contribution is 5.87. The third-order valence-electron chi connectivity index (χ3n) is 5.63. The lowest BCUT2D eigenvalue weighted by atomic mass is 10.0. The Kier molecular flexibility index (Phi) is 10.4. The molecule has 13 nitrogen and oxygen atoms in total. The minimum absolute atomic E-state index is 0.156. The number of fused-ring (bicyclic) bond motifs is 1. The molecular formula is C22H22F6N4O9. The second-order valence-corrected chi connectivity index (χ2v) is 8.59. The Bertz CT molecular complexity index is 1320. The van der Waals surface area contributed by atoms with Crippen molar-refractivity contribution < 1.29 is 71.1 Å². The van der Waals surface area contributed by atoms with E-state index in [-0.39, 0.29) is 37.2 Å². The van der Waals surface area contributed by atoms with Gasteiger partial charge in [-0.1, -0.05) is 0 Å². The van der Waals surface area contributed by atoms with Crippen LogP contribution in [0.4, 0.5) is 26.3 Å². The molecule has 1 aromatic carbocycles. The fraction of sp³-hybridized carbons (Fsp3) is 0.409. The minimum Gasteiger partial charge on any atom is -0.479 e. The first-order chi connectivity index (χ1) is 18.8. The van der Waals surface area contributed by atoms with E-state index in [1.807, 2.05) is 0 Å². The van der Waals surface area contributed by atoms with E-state index in [1.165, 1.54) is 0 Å². The zero-order chi connectivity index (χ0) is 31.4. The number of carboxylic acid groups (broad SMARTS) is 3. The number of aromatic nitrogens is 2. The molecule has 0 bridgehead atoms. The molecule has 2 heterocycles. The number of aliphatic hydroxyl groups excluding tert-OH is 2. The summed E-state index contributed by atoms with van der Waals surface area (Å²) < 4.78 is 80.1. The van der Waals surface area contributed by atoms with E-state index in [1.54, 1.807) is 0 Å². The average Bonchev–Trinajstić information content (AvgIpc) is 3.26. The summed E-state index contributed by atoms with van der Waals surface area (Å²) in [6.07, 6.45) is -10.1. The predicted molar refractivity (Wildman–Crippen MR) is 120 cm³/mol. The van der Waals surface area contributed by atoms with Gasteiger partial charge in [0.15, 0.2) is 29.5 Å². The number of aromatic carboxylic acids is 1. The molecule has 3 atom stereocenters. The fourth-order valence-corrected chi connectivity index (χ4v) is 3.67. The van der Waals surface area contributed by atoms with Crippen LogP contribution < -0.4 is 5.73 Å². The van der Waals surface area contributed by atoms with Crippen LogP contribution in [0.1, 0.15) is 34.0 Å². The van der Waals surface area contributed by atoms with Gasteiger partial charge in [-0.3, -0.25) is 4.79 Å². The third-order valence-corrected chi connectivity index (χ3v) is 5.63. The van der Waals surface area contributed by atoms with Crippen LogP contribution in [0.2, 0.25) is 0 Å². The van der Waals surface area contributed by atoms with Gasteiger partial charge in [0, 0.05) is 31.6 Å². The van der Waals surface area contributed by atoms with Crippen molar-refractivity contribution in [1.82, 2.24) is 14.5 Å². The van der Waals surface area contributed by atoms with E-state index in [9.17, 15) is 45.5 Å². The SMILES string of the molecule is N[C@H](CC(=O)N1CCn2c(C(F)(F)F)nc(C(=O)O)c2C1)Cc1cc(F)c(F)cc1F.O=C(O)C(O)C(O)C(=O)O. The van der Waals surface area contributed by atoms with Gasteiger partial charge in [0.25, 0.3) is 0 Å². The molecule has 0 saturated carbocycles. The van der Waals surface area contributed by atoms with Crippen LogP contribution in [-0.4, -0.2) is 88.6 Å². The number of halogens is 6. The number of imidazole rings is 1. The number of carboxylic acids is 3. The number of nitrogens with two attached hydrogens (primary N) is 1. The molecule has 1 aliphatic heterocycles. The second kappa shape index (κ2) is 13.0. The molecule has 2 aromatic rings. The van der Waals surface area contributed by atoms with Gasteiger partial charge in [-0.25, -0.2) is 32.5 Å². The smallest absolute Gasteiger partial charge is 0.449 e. The zero-order valence-corrected chi connectivity index (χ0v) is 20.5. The van der Waals surface area contributed by atoms with E-state index in [0.29, 0.717) is 16.7 Å². The molecule has 226 valence electrons. The van der Waals surface area contributed by atoms with E-state index in [4.69, 9.17) is 31.3 Å². The number of carbonyl (C=O) groups is 4. The Morgan fingerprint density at radius 2 is 1.46 bits per heavy atom. The maximum Gasteiger partial charge on any atom is 0.449 e. The Balaban J connectivity index is 0.000000503. The molecule has 1 amide bonds. The number of rotatable bonds is 8. The third kappa shape index (κ3) is 8.14. The molecule has 0 aliphatic carbocycles.